The van der Waals surface area contributed by atoms with Gasteiger partial charge in [0.1, 0.15) is 10.1 Å². The first-order chi connectivity index (χ1) is 10.5. The molecular formula is C16H20Cl2N2O2. The van der Waals surface area contributed by atoms with E-state index < -0.39 is 4.33 Å². The van der Waals surface area contributed by atoms with Crippen molar-refractivity contribution >= 4 is 34.8 Å². The minimum atomic E-state index is -0.827. The summed E-state index contributed by atoms with van der Waals surface area (Å²) in [4.78, 5) is 14.1. The number of halogens is 2. The highest BCUT2D eigenvalue weighted by molar-refractivity contribution is 6.52. The average Bonchev–Trinajstić information content (AvgIpc) is 3.16. The molecule has 0 aromatic heterocycles. The molecule has 1 saturated carbocycles. The van der Waals surface area contributed by atoms with Crippen LogP contribution in [0.1, 0.15) is 19.3 Å². The number of piperidine rings is 1. The van der Waals surface area contributed by atoms with Crippen molar-refractivity contribution < 1.29 is 9.53 Å². The van der Waals surface area contributed by atoms with Crippen LogP contribution in [0.2, 0.25) is 0 Å². The summed E-state index contributed by atoms with van der Waals surface area (Å²) in [5, 5.41) is 3.51. The third-order valence-electron chi connectivity index (χ3n) is 4.37. The molecule has 1 amide bonds. The van der Waals surface area contributed by atoms with Gasteiger partial charge in [-0.1, -0.05) is 6.07 Å². The SMILES string of the molecule is COc1cccc(NC2CCN(C(=O)[C@@H]3CC3(Cl)Cl)CC2)c1. The summed E-state index contributed by atoms with van der Waals surface area (Å²) >= 11 is 12.0. The van der Waals surface area contributed by atoms with Crippen LogP contribution in [0.15, 0.2) is 24.3 Å². The highest BCUT2D eigenvalue weighted by Crippen LogP contribution is 2.54. The van der Waals surface area contributed by atoms with E-state index in [2.05, 4.69) is 5.32 Å². The second kappa shape index (κ2) is 6.17. The number of hydrogen-bond acceptors (Lipinski definition) is 3. The molecule has 2 aliphatic rings. The van der Waals surface area contributed by atoms with Crippen molar-refractivity contribution in [1.82, 2.24) is 4.90 Å². The standard InChI is InChI=1S/C16H20Cl2N2O2/c1-22-13-4-2-3-12(9-13)19-11-5-7-20(8-6-11)15(21)14-10-16(14,17)18/h2-4,9,11,14,19H,5-8,10H2,1H3/t14-/m0/s1. The predicted octanol–water partition coefficient (Wildman–Crippen LogP) is 3.29. The summed E-state index contributed by atoms with van der Waals surface area (Å²) in [5.41, 5.74) is 1.05. The van der Waals surface area contributed by atoms with Crippen molar-refractivity contribution in [2.24, 2.45) is 5.92 Å². The monoisotopic (exact) mass is 342 g/mol. The number of alkyl halides is 2. The van der Waals surface area contributed by atoms with Gasteiger partial charge in [0.05, 0.1) is 13.0 Å². The molecule has 4 nitrogen and oxygen atoms in total. The van der Waals surface area contributed by atoms with Gasteiger partial charge in [0.15, 0.2) is 0 Å². The van der Waals surface area contributed by atoms with Gasteiger partial charge < -0.3 is 15.0 Å². The highest BCUT2D eigenvalue weighted by atomic mass is 35.5. The fourth-order valence-electron chi connectivity index (χ4n) is 2.89. The summed E-state index contributed by atoms with van der Waals surface area (Å²) in [6.45, 7) is 1.50. The van der Waals surface area contributed by atoms with Crippen LogP contribution in [0.25, 0.3) is 0 Å². The van der Waals surface area contributed by atoms with Crippen LogP contribution in [0.5, 0.6) is 5.75 Å². The second-order valence-electron chi connectivity index (χ2n) is 5.99. The van der Waals surface area contributed by atoms with Crippen molar-refractivity contribution in [3.8, 4) is 5.75 Å². The molecule has 120 valence electrons. The van der Waals surface area contributed by atoms with Gasteiger partial charge in [-0.15, -0.1) is 23.2 Å². The molecule has 2 fully saturated rings. The van der Waals surface area contributed by atoms with E-state index in [9.17, 15) is 4.79 Å². The molecule has 0 radical (unpaired) electrons. The zero-order chi connectivity index (χ0) is 15.7. The van der Waals surface area contributed by atoms with Crippen LogP contribution < -0.4 is 10.1 Å². The molecule has 1 atom stereocenters. The number of nitrogens with zero attached hydrogens (tertiary/aromatic N) is 1. The second-order valence-corrected chi connectivity index (χ2v) is 7.54. The van der Waals surface area contributed by atoms with Crippen LogP contribution in [0.3, 0.4) is 0 Å². The molecule has 1 aromatic carbocycles. The van der Waals surface area contributed by atoms with Crippen molar-refractivity contribution in [2.45, 2.75) is 29.6 Å². The number of ether oxygens (including phenoxy) is 1. The molecular weight excluding hydrogens is 323 g/mol. The maximum atomic E-state index is 12.2. The Morgan fingerprint density at radius 3 is 2.64 bits per heavy atom. The Morgan fingerprint density at radius 1 is 1.36 bits per heavy atom. The molecule has 0 unspecified atom stereocenters. The lowest BCUT2D eigenvalue weighted by molar-refractivity contribution is -0.133. The van der Waals surface area contributed by atoms with Gasteiger partial charge in [-0.05, 0) is 31.4 Å². The van der Waals surface area contributed by atoms with Crippen molar-refractivity contribution in [2.75, 3.05) is 25.5 Å². The van der Waals surface area contributed by atoms with Gasteiger partial charge in [-0.25, -0.2) is 0 Å². The fourth-order valence-corrected chi connectivity index (χ4v) is 3.39. The zero-order valence-electron chi connectivity index (χ0n) is 12.5. The first kappa shape index (κ1) is 15.8. The topological polar surface area (TPSA) is 41.6 Å². The summed E-state index contributed by atoms with van der Waals surface area (Å²) in [5.74, 6) is 0.732. The Labute approximate surface area is 140 Å². The van der Waals surface area contributed by atoms with Gasteiger partial charge in [0, 0.05) is 30.9 Å². The first-order valence-corrected chi connectivity index (χ1v) is 8.32. The molecule has 1 heterocycles. The van der Waals surface area contributed by atoms with Crippen molar-refractivity contribution in [3.63, 3.8) is 0 Å². The van der Waals surface area contributed by atoms with Gasteiger partial charge in [-0.2, -0.15) is 0 Å². The van der Waals surface area contributed by atoms with E-state index in [1.54, 1.807) is 7.11 Å². The molecule has 1 saturated heterocycles. The Kier molecular flexibility index (Phi) is 4.42. The van der Waals surface area contributed by atoms with Gasteiger partial charge in [-0.3, -0.25) is 4.79 Å². The van der Waals surface area contributed by atoms with Crippen molar-refractivity contribution in [1.29, 1.82) is 0 Å². The average molecular weight is 343 g/mol. The number of methoxy groups -OCH3 is 1. The Bertz CT molecular complexity index is 557. The number of carbonyl (C=O) groups is 1. The summed E-state index contributed by atoms with van der Waals surface area (Å²) in [6, 6.07) is 8.27. The van der Waals surface area contributed by atoms with E-state index in [4.69, 9.17) is 27.9 Å². The Hall–Kier alpha value is -1.13. The van der Waals surface area contributed by atoms with Crippen molar-refractivity contribution in [3.05, 3.63) is 24.3 Å². The summed E-state index contributed by atoms with van der Waals surface area (Å²) in [6.07, 6.45) is 2.43. The minimum absolute atomic E-state index is 0.102. The largest absolute Gasteiger partial charge is 0.497 e. The number of anilines is 1. The molecule has 3 rings (SSSR count). The normalized spacial score (nSPS) is 24.0. The summed E-state index contributed by atoms with van der Waals surface area (Å²) in [7, 11) is 1.66. The number of carbonyl (C=O) groups excluding carboxylic acids is 1. The number of likely N-dealkylation sites (tertiary alicyclic amines) is 1. The van der Waals surface area contributed by atoms with E-state index in [-0.39, 0.29) is 11.8 Å². The lowest BCUT2D eigenvalue weighted by Crippen LogP contribution is -2.43. The molecule has 1 aromatic rings. The predicted molar refractivity (Wildman–Crippen MR) is 88.8 cm³/mol. The number of rotatable bonds is 4. The molecule has 1 aliphatic carbocycles. The zero-order valence-corrected chi connectivity index (χ0v) is 14.0. The van der Waals surface area contributed by atoms with E-state index in [0.717, 1.165) is 37.4 Å². The maximum absolute atomic E-state index is 12.2. The van der Waals surface area contributed by atoms with E-state index in [0.29, 0.717) is 12.5 Å². The lowest BCUT2D eigenvalue weighted by atomic mass is 10.0. The summed E-state index contributed by atoms with van der Waals surface area (Å²) < 4.78 is 4.40. The highest BCUT2D eigenvalue weighted by Gasteiger charge is 2.57. The molecule has 0 bridgehead atoms. The fraction of sp³-hybridized carbons (Fsp3) is 0.562. The third-order valence-corrected chi connectivity index (χ3v) is 5.21. The molecule has 6 heteroatoms. The maximum Gasteiger partial charge on any atom is 0.228 e. The number of nitrogens with one attached hydrogen (secondary N) is 1. The number of amides is 1. The van der Waals surface area contributed by atoms with E-state index in [1.165, 1.54) is 0 Å². The van der Waals surface area contributed by atoms with E-state index >= 15 is 0 Å². The number of benzene rings is 1. The Balaban J connectivity index is 1.50. The van der Waals surface area contributed by atoms with Crippen LogP contribution in [-0.2, 0) is 4.79 Å². The Morgan fingerprint density at radius 2 is 2.05 bits per heavy atom. The third kappa shape index (κ3) is 3.44. The van der Waals surface area contributed by atoms with Crippen LogP contribution in [0, 0.1) is 5.92 Å². The molecule has 1 N–H and O–H groups in total. The van der Waals surface area contributed by atoms with Crippen LogP contribution in [-0.4, -0.2) is 41.4 Å². The lowest BCUT2D eigenvalue weighted by Gasteiger charge is -2.33. The van der Waals surface area contributed by atoms with Crippen LogP contribution >= 0.6 is 23.2 Å². The molecule has 0 spiro atoms. The number of hydrogen-bond donors (Lipinski definition) is 1. The van der Waals surface area contributed by atoms with Gasteiger partial charge in [0.2, 0.25) is 5.91 Å². The minimum Gasteiger partial charge on any atom is -0.497 e. The first-order valence-electron chi connectivity index (χ1n) is 7.57. The van der Waals surface area contributed by atoms with Crippen LogP contribution in [0.4, 0.5) is 5.69 Å². The molecule has 1 aliphatic heterocycles. The quantitative estimate of drug-likeness (QED) is 0.853. The van der Waals surface area contributed by atoms with Gasteiger partial charge >= 0.3 is 0 Å². The molecule has 22 heavy (non-hydrogen) atoms. The van der Waals surface area contributed by atoms with Gasteiger partial charge in [0.25, 0.3) is 0 Å². The van der Waals surface area contributed by atoms with E-state index in [1.807, 2.05) is 29.2 Å². The smallest absolute Gasteiger partial charge is 0.228 e.